The summed E-state index contributed by atoms with van der Waals surface area (Å²) in [5.41, 5.74) is 4.89. The first kappa shape index (κ1) is 8.99. The third-order valence-corrected chi connectivity index (χ3v) is 3.57. The van der Waals surface area contributed by atoms with Crippen LogP contribution in [0.2, 0.25) is 0 Å². The van der Waals surface area contributed by atoms with Gasteiger partial charge in [0.1, 0.15) is 5.75 Å². The van der Waals surface area contributed by atoms with Gasteiger partial charge in [-0.15, -0.1) is 0 Å². The summed E-state index contributed by atoms with van der Waals surface area (Å²) in [7, 11) is 0. The molecule has 0 saturated carbocycles. The average Bonchev–Trinajstić information content (AvgIpc) is 2.93. The molecule has 82 valence electrons. The molecule has 0 radical (unpaired) electrons. The fourth-order valence-corrected chi connectivity index (χ4v) is 2.81. The molecule has 2 heteroatoms. The molecular weight excluding hydrogens is 212 g/mol. The van der Waals surface area contributed by atoms with E-state index in [0.717, 1.165) is 40.0 Å². The lowest BCUT2D eigenvalue weighted by Gasteiger charge is -2.04. The van der Waals surface area contributed by atoms with Crippen LogP contribution in [0.25, 0.3) is 11.1 Å². The van der Waals surface area contributed by atoms with E-state index in [-0.39, 0.29) is 5.78 Å². The highest BCUT2D eigenvalue weighted by molar-refractivity contribution is 6.22. The van der Waals surface area contributed by atoms with E-state index in [1.165, 1.54) is 0 Å². The molecule has 0 amide bonds. The van der Waals surface area contributed by atoms with Gasteiger partial charge in [0.2, 0.25) is 0 Å². The van der Waals surface area contributed by atoms with Crippen molar-refractivity contribution in [2.45, 2.75) is 6.42 Å². The lowest BCUT2D eigenvalue weighted by Crippen LogP contribution is -1.99. The second-order valence-electron chi connectivity index (χ2n) is 4.44. The Morgan fingerprint density at radius 2 is 1.76 bits per heavy atom. The van der Waals surface area contributed by atoms with Gasteiger partial charge in [0.25, 0.3) is 0 Å². The van der Waals surface area contributed by atoms with Gasteiger partial charge in [0, 0.05) is 23.1 Å². The van der Waals surface area contributed by atoms with Crippen LogP contribution in [0.5, 0.6) is 5.75 Å². The second kappa shape index (κ2) is 2.98. The summed E-state index contributed by atoms with van der Waals surface area (Å²) in [5, 5.41) is 0. The second-order valence-corrected chi connectivity index (χ2v) is 4.44. The Labute approximate surface area is 98.8 Å². The molecular formula is C15H10O2. The van der Waals surface area contributed by atoms with Gasteiger partial charge in [-0.2, -0.15) is 0 Å². The predicted molar refractivity (Wildman–Crippen MR) is 64.5 cm³/mol. The van der Waals surface area contributed by atoms with E-state index < -0.39 is 0 Å². The van der Waals surface area contributed by atoms with Crippen LogP contribution in [0, 0.1) is 0 Å². The predicted octanol–water partition coefficient (Wildman–Crippen LogP) is 2.83. The van der Waals surface area contributed by atoms with Crippen LogP contribution < -0.4 is 4.74 Å². The zero-order valence-electron chi connectivity index (χ0n) is 9.19. The molecule has 2 aliphatic rings. The smallest absolute Gasteiger partial charge is 0.194 e. The van der Waals surface area contributed by atoms with Crippen LogP contribution in [0.15, 0.2) is 36.4 Å². The molecule has 2 aromatic carbocycles. The van der Waals surface area contributed by atoms with Crippen LogP contribution in [0.4, 0.5) is 0 Å². The van der Waals surface area contributed by atoms with Gasteiger partial charge in [-0.3, -0.25) is 4.79 Å². The van der Waals surface area contributed by atoms with Crippen LogP contribution in [0.1, 0.15) is 21.5 Å². The summed E-state index contributed by atoms with van der Waals surface area (Å²) in [5.74, 6) is 1.03. The number of rotatable bonds is 0. The Balaban J connectivity index is 2.09. The largest absolute Gasteiger partial charge is 0.493 e. The number of hydrogen-bond donors (Lipinski definition) is 0. The van der Waals surface area contributed by atoms with Crippen LogP contribution in [-0.4, -0.2) is 12.4 Å². The Bertz CT molecular complexity index is 656. The Morgan fingerprint density at radius 3 is 2.65 bits per heavy atom. The maximum atomic E-state index is 12.4. The molecule has 1 aliphatic carbocycles. The van der Waals surface area contributed by atoms with Gasteiger partial charge in [0.05, 0.1) is 6.61 Å². The van der Waals surface area contributed by atoms with Crippen molar-refractivity contribution in [3.05, 3.63) is 53.1 Å². The van der Waals surface area contributed by atoms with Gasteiger partial charge in [-0.05, 0) is 23.3 Å². The third-order valence-electron chi connectivity index (χ3n) is 3.57. The molecule has 0 saturated heterocycles. The lowest BCUT2D eigenvalue weighted by atomic mass is 9.99. The number of carbonyl (C=O) groups is 1. The fraction of sp³-hybridized carbons (Fsp3) is 0.133. The molecule has 1 aliphatic heterocycles. The summed E-state index contributed by atoms with van der Waals surface area (Å²) in [6, 6.07) is 11.8. The highest BCUT2D eigenvalue weighted by Crippen LogP contribution is 2.42. The Kier molecular flexibility index (Phi) is 1.57. The quantitative estimate of drug-likeness (QED) is 0.584. The van der Waals surface area contributed by atoms with Crippen LogP contribution in [0.3, 0.4) is 0 Å². The third kappa shape index (κ3) is 1.02. The number of ether oxygens (including phenoxy) is 1. The summed E-state index contributed by atoms with van der Waals surface area (Å²) in [6.45, 7) is 0.690. The highest BCUT2D eigenvalue weighted by Gasteiger charge is 2.31. The molecule has 0 bridgehead atoms. The molecule has 4 rings (SSSR count). The van der Waals surface area contributed by atoms with Crippen LogP contribution in [-0.2, 0) is 6.42 Å². The minimum atomic E-state index is 0.151. The van der Waals surface area contributed by atoms with E-state index in [0.29, 0.717) is 6.61 Å². The van der Waals surface area contributed by atoms with E-state index in [1.54, 1.807) is 0 Å². The summed E-state index contributed by atoms with van der Waals surface area (Å²) >= 11 is 0. The molecule has 2 aromatic rings. The van der Waals surface area contributed by atoms with Crippen molar-refractivity contribution in [1.82, 2.24) is 0 Å². The number of benzene rings is 2. The van der Waals surface area contributed by atoms with Gasteiger partial charge >= 0.3 is 0 Å². The van der Waals surface area contributed by atoms with Crippen molar-refractivity contribution in [2.75, 3.05) is 6.61 Å². The van der Waals surface area contributed by atoms with Gasteiger partial charge < -0.3 is 4.74 Å². The molecule has 0 fully saturated rings. The van der Waals surface area contributed by atoms with Gasteiger partial charge in [-0.25, -0.2) is 0 Å². The summed E-state index contributed by atoms with van der Waals surface area (Å²) < 4.78 is 5.52. The molecule has 0 N–H and O–H groups in total. The minimum absolute atomic E-state index is 0.151. The number of hydrogen-bond acceptors (Lipinski definition) is 2. The molecule has 0 spiro atoms. The highest BCUT2D eigenvalue weighted by atomic mass is 16.5. The van der Waals surface area contributed by atoms with E-state index in [1.807, 2.05) is 36.4 Å². The maximum absolute atomic E-state index is 12.4. The molecule has 0 atom stereocenters. The molecule has 0 aromatic heterocycles. The standard InChI is InChI=1S/C15H10O2/c16-15-11-4-2-1-3-9(11)10-5-6-13-12(14(10)15)7-8-17-13/h1-6H,7-8H2. The Hall–Kier alpha value is -2.09. The zero-order valence-corrected chi connectivity index (χ0v) is 9.19. The lowest BCUT2D eigenvalue weighted by molar-refractivity contribution is 0.104. The Morgan fingerprint density at radius 1 is 0.941 bits per heavy atom. The van der Waals surface area contributed by atoms with Crippen molar-refractivity contribution >= 4 is 5.78 Å². The molecule has 2 nitrogen and oxygen atoms in total. The number of fused-ring (bicyclic) bond motifs is 5. The normalized spacial score (nSPS) is 15.2. The average molecular weight is 222 g/mol. The first-order chi connectivity index (χ1) is 8.36. The van der Waals surface area contributed by atoms with Gasteiger partial charge in [0.15, 0.2) is 5.78 Å². The number of carbonyl (C=O) groups excluding carboxylic acids is 1. The minimum Gasteiger partial charge on any atom is -0.493 e. The molecule has 17 heavy (non-hydrogen) atoms. The molecule has 1 heterocycles. The van der Waals surface area contributed by atoms with Crippen molar-refractivity contribution in [2.24, 2.45) is 0 Å². The number of ketones is 1. The zero-order chi connectivity index (χ0) is 11.4. The van der Waals surface area contributed by atoms with E-state index in [9.17, 15) is 4.79 Å². The van der Waals surface area contributed by atoms with Crippen LogP contribution >= 0.6 is 0 Å². The fourth-order valence-electron chi connectivity index (χ4n) is 2.81. The monoisotopic (exact) mass is 222 g/mol. The van der Waals surface area contributed by atoms with E-state index >= 15 is 0 Å². The van der Waals surface area contributed by atoms with E-state index in [4.69, 9.17) is 4.74 Å². The van der Waals surface area contributed by atoms with Crippen molar-refractivity contribution < 1.29 is 9.53 Å². The molecule has 0 unspecified atom stereocenters. The maximum Gasteiger partial charge on any atom is 0.194 e. The topological polar surface area (TPSA) is 26.3 Å². The van der Waals surface area contributed by atoms with Crippen molar-refractivity contribution in [1.29, 1.82) is 0 Å². The SMILES string of the molecule is O=C1c2ccccc2-c2ccc3c(c21)CCO3. The van der Waals surface area contributed by atoms with E-state index in [2.05, 4.69) is 0 Å². The van der Waals surface area contributed by atoms with Gasteiger partial charge in [-0.1, -0.05) is 24.3 Å². The first-order valence-corrected chi connectivity index (χ1v) is 5.79. The summed E-state index contributed by atoms with van der Waals surface area (Å²) in [6.07, 6.45) is 0.845. The first-order valence-electron chi connectivity index (χ1n) is 5.79. The van der Waals surface area contributed by atoms with Crippen molar-refractivity contribution in [3.8, 4) is 16.9 Å². The van der Waals surface area contributed by atoms with Crippen molar-refractivity contribution in [3.63, 3.8) is 0 Å². The summed E-state index contributed by atoms with van der Waals surface area (Å²) in [4.78, 5) is 12.4.